The molecular weight excluding hydrogens is 509 g/mol. The molecule has 0 spiro atoms. The maximum Gasteiger partial charge on any atom is 0.248 e. The lowest BCUT2D eigenvalue weighted by Crippen LogP contribution is -2.43. The normalized spacial score (nSPS) is 15.3. The van der Waals surface area contributed by atoms with Crippen LogP contribution in [-0.2, 0) is 21.4 Å². The molecule has 1 saturated heterocycles. The van der Waals surface area contributed by atoms with E-state index in [1.165, 1.54) is 22.5 Å². The number of aromatic nitrogens is 1. The van der Waals surface area contributed by atoms with E-state index in [1.807, 2.05) is 38.1 Å². The second-order valence-electron chi connectivity index (χ2n) is 9.52. The lowest BCUT2D eigenvalue weighted by molar-refractivity contribution is -0.126. The second kappa shape index (κ2) is 11.9. The van der Waals surface area contributed by atoms with Crippen LogP contribution in [0.15, 0.2) is 57.9 Å². The van der Waals surface area contributed by atoms with Gasteiger partial charge in [-0.15, -0.1) is 0 Å². The summed E-state index contributed by atoms with van der Waals surface area (Å²) >= 11 is 0. The number of benzene rings is 2. The van der Waals surface area contributed by atoms with Crippen molar-refractivity contribution in [1.82, 2.24) is 14.8 Å². The Morgan fingerprint density at radius 2 is 1.84 bits per heavy atom. The summed E-state index contributed by atoms with van der Waals surface area (Å²) in [6, 6.07) is 13.7. The third-order valence-electron chi connectivity index (χ3n) is 6.34. The van der Waals surface area contributed by atoms with Gasteiger partial charge in [-0.1, -0.05) is 35.5 Å². The molecule has 0 saturated carbocycles. The van der Waals surface area contributed by atoms with Gasteiger partial charge in [0.15, 0.2) is 10.7 Å². The molecule has 38 heavy (non-hydrogen) atoms. The molecule has 1 aliphatic heterocycles. The third kappa shape index (κ3) is 6.49. The Bertz CT molecular complexity index is 1390. The number of carbonyl (C=O) groups is 1. The van der Waals surface area contributed by atoms with Gasteiger partial charge in [0.1, 0.15) is 17.3 Å². The highest BCUT2D eigenvalue weighted by Crippen LogP contribution is 2.29. The molecule has 2 heterocycles. The average Bonchev–Trinajstić information content (AvgIpc) is 3.28. The summed E-state index contributed by atoms with van der Waals surface area (Å²) in [7, 11) is -3.92. The number of carbonyl (C=O) groups excluding carboxylic acids is 1. The van der Waals surface area contributed by atoms with E-state index in [4.69, 9.17) is 9.26 Å². The number of nitrogens with one attached hydrogen (secondary N) is 1. The number of piperidine rings is 1. The summed E-state index contributed by atoms with van der Waals surface area (Å²) in [5.74, 6) is 0.00291. The smallest absolute Gasteiger partial charge is 0.248 e. The van der Waals surface area contributed by atoms with Gasteiger partial charge in [0.25, 0.3) is 0 Å². The van der Waals surface area contributed by atoms with E-state index in [9.17, 15) is 17.6 Å². The maximum absolute atomic E-state index is 14.0. The van der Waals surface area contributed by atoms with Crippen LogP contribution in [0.5, 0.6) is 5.75 Å². The highest BCUT2D eigenvalue weighted by atomic mass is 32.2. The Hall–Kier alpha value is -3.50. The second-order valence-corrected chi connectivity index (χ2v) is 11.4. The first kappa shape index (κ1) is 27.5. The van der Waals surface area contributed by atoms with Gasteiger partial charge in [0.05, 0.1) is 6.10 Å². The fourth-order valence-electron chi connectivity index (χ4n) is 4.35. The maximum atomic E-state index is 14.0. The monoisotopic (exact) mass is 541 g/mol. The average molecular weight is 542 g/mol. The van der Waals surface area contributed by atoms with Crippen LogP contribution in [0.25, 0.3) is 12.2 Å². The molecule has 0 unspecified atom stereocenters. The Kier molecular flexibility index (Phi) is 8.63. The molecule has 1 aliphatic rings. The number of hydrogen-bond acceptors (Lipinski definition) is 6. The molecule has 0 atom stereocenters. The molecule has 8 nitrogen and oxygen atoms in total. The molecule has 2 aromatic carbocycles. The highest BCUT2D eigenvalue weighted by molar-refractivity contribution is 7.89. The molecule has 0 radical (unpaired) electrons. The van der Waals surface area contributed by atoms with Crippen LogP contribution in [-0.4, -0.2) is 43.0 Å². The quantitative estimate of drug-likeness (QED) is 0.418. The summed E-state index contributed by atoms with van der Waals surface area (Å²) in [4.78, 5) is 12.7. The van der Waals surface area contributed by atoms with Crippen LogP contribution < -0.4 is 10.1 Å². The SMILES string of the molecule is Cc1noc(C=Cc2ccccc2F)c1S(=O)(=O)N1CCC(C(=O)NCc2ccc(OC(C)C)cc2)CC1. The summed E-state index contributed by atoms with van der Waals surface area (Å²) in [6.45, 7) is 6.26. The van der Waals surface area contributed by atoms with Crippen molar-refractivity contribution in [2.45, 2.75) is 51.2 Å². The van der Waals surface area contributed by atoms with Crippen molar-refractivity contribution < 1.29 is 26.9 Å². The van der Waals surface area contributed by atoms with Crippen molar-refractivity contribution in [3.05, 3.63) is 76.9 Å². The largest absolute Gasteiger partial charge is 0.491 e. The van der Waals surface area contributed by atoms with E-state index in [2.05, 4.69) is 10.5 Å². The molecule has 0 aliphatic carbocycles. The number of rotatable bonds is 9. The van der Waals surface area contributed by atoms with Crippen molar-refractivity contribution in [2.24, 2.45) is 5.92 Å². The Labute approximate surface area is 222 Å². The molecule has 1 aromatic heterocycles. The van der Waals surface area contributed by atoms with Gasteiger partial charge in [-0.2, -0.15) is 4.31 Å². The number of halogens is 1. The first-order chi connectivity index (χ1) is 18.1. The summed E-state index contributed by atoms with van der Waals surface area (Å²) in [5, 5.41) is 6.78. The number of amides is 1. The number of sulfonamides is 1. The van der Waals surface area contributed by atoms with E-state index < -0.39 is 15.8 Å². The minimum Gasteiger partial charge on any atom is -0.491 e. The molecule has 10 heteroatoms. The lowest BCUT2D eigenvalue weighted by atomic mass is 9.97. The number of ether oxygens (including phenoxy) is 1. The van der Waals surface area contributed by atoms with Crippen molar-refractivity contribution in [3.8, 4) is 5.75 Å². The van der Waals surface area contributed by atoms with Crippen LogP contribution >= 0.6 is 0 Å². The molecule has 4 rings (SSSR count). The van der Waals surface area contributed by atoms with Crippen molar-refractivity contribution in [1.29, 1.82) is 0 Å². The van der Waals surface area contributed by atoms with E-state index in [0.29, 0.717) is 24.9 Å². The van der Waals surface area contributed by atoms with Gasteiger partial charge in [-0.05, 0) is 69.5 Å². The Balaban J connectivity index is 1.36. The predicted molar refractivity (Wildman–Crippen MR) is 142 cm³/mol. The van der Waals surface area contributed by atoms with E-state index in [0.717, 1.165) is 11.3 Å². The fourth-order valence-corrected chi connectivity index (χ4v) is 6.07. The molecule has 3 aromatic rings. The van der Waals surface area contributed by atoms with Gasteiger partial charge < -0.3 is 14.6 Å². The van der Waals surface area contributed by atoms with E-state index in [-0.39, 0.29) is 47.4 Å². The third-order valence-corrected chi connectivity index (χ3v) is 8.39. The molecular formula is C28H32FN3O5S. The van der Waals surface area contributed by atoms with E-state index in [1.54, 1.807) is 25.1 Å². The van der Waals surface area contributed by atoms with Gasteiger partial charge in [-0.3, -0.25) is 4.79 Å². The first-order valence-corrected chi connectivity index (χ1v) is 14.0. The zero-order chi connectivity index (χ0) is 27.3. The van der Waals surface area contributed by atoms with E-state index >= 15 is 0 Å². The molecule has 1 fully saturated rings. The van der Waals surface area contributed by atoms with Crippen LogP contribution in [0.4, 0.5) is 4.39 Å². The first-order valence-electron chi connectivity index (χ1n) is 12.6. The minimum atomic E-state index is -3.92. The standard InChI is InChI=1S/C28H32FN3O5S/c1-19(2)36-24-11-8-21(9-12-24)18-30-28(33)23-14-16-32(17-15-23)38(34,35)27-20(3)31-37-26(27)13-10-22-6-4-5-7-25(22)29/h4-13,19,23H,14-18H2,1-3H3,(H,30,33). The number of nitrogens with zero attached hydrogens (tertiary/aromatic N) is 2. The number of hydrogen-bond donors (Lipinski definition) is 1. The lowest BCUT2D eigenvalue weighted by Gasteiger charge is -2.30. The highest BCUT2D eigenvalue weighted by Gasteiger charge is 2.35. The zero-order valence-electron chi connectivity index (χ0n) is 21.7. The van der Waals surface area contributed by atoms with Gasteiger partial charge in [0.2, 0.25) is 15.9 Å². The van der Waals surface area contributed by atoms with Crippen molar-refractivity contribution in [3.63, 3.8) is 0 Å². The Morgan fingerprint density at radius 1 is 1.16 bits per heavy atom. The number of aryl methyl sites for hydroxylation is 1. The van der Waals surface area contributed by atoms with Gasteiger partial charge in [0, 0.05) is 31.1 Å². The van der Waals surface area contributed by atoms with Crippen molar-refractivity contribution >= 4 is 28.1 Å². The van der Waals surface area contributed by atoms with Gasteiger partial charge in [-0.25, -0.2) is 12.8 Å². The molecule has 202 valence electrons. The van der Waals surface area contributed by atoms with Crippen LogP contribution in [0, 0.1) is 18.7 Å². The molecule has 1 N–H and O–H groups in total. The minimum absolute atomic E-state index is 0.0374. The van der Waals surface area contributed by atoms with Crippen LogP contribution in [0.2, 0.25) is 0 Å². The van der Waals surface area contributed by atoms with Crippen LogP contribution in [0.3, 0.4) is 0 Å². The van der Waals surface area contributed by atoms with Crippen molar-refractivity contribution in [2.75, 3.05) is 13.1 Å². The summed E-state index contributed by atoms with van der Waals surface area (Å²) < 4.78 is 53.1. The summed E-state index contributed by atoms with van der Waals surface area (Å²) in [6.07, 6.45) is 3.75. The van der Waals surface area contributed by atoms with Gasteiger partial charge >= 0.3 is 0 Å². The molecule has 1 amide bonds. The predicted octanol–water partition coefficient (Wildman–Crippen LogP) is 4.80. The van der Waals surface area contributed by atoms with Crippen LogP contribution in [0.1, 0.15) is 49.3 Å². The zero-order valence-corrected chi connectivity index (χ0v) is 22.5. The Morgan fingerprint density at radius 3 is 2.50 bits per heavy atom. The fraction of sp³-hybridized carbons (Fsp3) is 0.357. The topological polar surface area (TPSA) is 102 Å². The molecule has 0 bridgehead atoms. The summed E-state index contributed by atoms with van der Waals surface area (Å²) in [5.41, 5.74) is 1.48.